The maximum Gasteiger partial charge on any atom is 0.218 e. The molecule has 0 aromatic heterocycles. The van der Waals surface area contributed by atoms with Crippen LogP contribution < -0.4 is 5.32 Å². The summed E-state index contributed by atoms with van der Waals surface area (Å²) in [6.07, 6.45) is 4.50. The van der Waals surface area contributed by atoms with Crippen LogP contribution in [0.25, 0.3) is 0 Å². The minimum atomic E-state index is -3.14. The second kappa shape index (κ2) is 6.14. The van der Waals surface area contributed by atoms with E-state index in [9.17, 15) is 8.42 Å². The topological polar surface area (TPSA) is 58.6 Å². The molecule has 1 fully saturated rings. The monoisotopic (exact) mass is 274 g/mol. The summed E-state index contributed by atoms with van der Waals surface area (Å²) < 4.78 is 31.5. The number of rotatable bonds is 4. The molecule has 0 aliphatic carbocycles. The minimum Gasteiger partial charge on any atom is -0.380 e. The molecule has 0 amide bonds. The van der Waals surface area contributed by atoms with Crippen molar-refractivity contribution >= 4 is 10.0 Å². The van der Waals surface area contributed by atoms with Gasteiger partial charge in [0.1, 0.15) is 0 Å². The molecule has 0 aromatic carbocycles. The fourth-order valence-corrected chi connectivity index (χ4v) is 4.37. The molecule has 1 atom stereocenters. The lowest BCUT2D eigenvalue weighted by atomic mass is 10.1. The zero-order valence-electron chi connectivity index (χ0n) is 10.9. The highest BCUT2D eigenvalue weighted by atomic mass is 32.2. The van der Waals surface area contributed by atoms with E-state index in [0.717, 1.165) is 25.8 Å². The maximum absolute atomic E-state index is 12.4. The second-order valence-electron chi connectivity index (χ2n) is 4.92. The van der Waals surface area contributed by atoms with Crippen LogP contribution in [-0.2, 0) is 14.8 Å². The summed E-state index contributed by atoms with van der Waals surface area (Å²) in [6.45, 7) is 3.22. The summed E-state index contributed by atoms with van der Waals surface area (Å²) in [4.78, 5) is 0. The summed E-state index contributed by atoms with van der Waals surface area (Å²) in [7, 11) is -1.47. The predicted molar refractivity (Wildman–Crippen MR) is 71.0 cm³/mol. The van der Waals surface area contributed by atoms with E-state index < -0.39 is 10.0 Å². The molecule has 0 bridgehead atoms. The Morgan fingerprint density at radius 2 is 2.39 bits per heavy atom. The van der Waals surface area contributed by atoms with Crippen LogP contribution in [-0.4, -0.2) is 57.9 Å². The summed E-state index contributed by atoms with van der Waals surface area (Å²) in [6, 6.07) is 0. The van der Waals surface area contributed by atoms with Gasteiger partial charge in [-0.25, -0.2) is 8.42 Å². The largest absolute Gasteiger partial charge is 0.380 e. The van der Waals surface area contributed by atoms with Gasteiger partial charge in [0.15, 0.2) is 0 Å². The van der Waals surface area contributed by atoms with E-state index in [1.165, 1.54) is 5.57 Å². The third-order valence-electron chi connectivity index (χ3n) is 3.63. The van der Waals surface area contributed by atoms with Crippen molar-refractivity contribution < 1.29 is 13.2 Å². The highest BCUT2D eigenvalue weighted by molar-refractivity contribution is 7.89. The molecule has 0 spiro atoms. The molecule has 2 aliphatic rings. The fourth-order valence-electron chi connectivity index (χ4n) is 2.53. The highest BCUT2D eigenvalue weighted by Crippen LogP contribution is 2.20. The van der Waals surface area contributed by atoms with Gasteiger partial charge in [0.05, 0.1) is 11.9 Å². The third-order valence-corrected chi connectivity index (χ3v) is 5.92. The first kappa shape index (κ1) is 14.0. The maximum atomic E-state index is 12.4. The molecule has 18 heavy (non-hydrogen) atoms. The van der Waals surface area contributed by atoms with Crippen LogP contribution in [0.5, 0.6) is 0 Å². The molecule has 0 aromatic rings. The average molecular weight is 274 g/mol. The highest BCUT2D eigenvalue weighted by Gasteiger charge is 2.33. The normalized spacial score (nSPS) is 26.9. The van der Waals surface area contributed by atoms with Crippen molar-refractivity contribution in [2.75, 3.05) is 39.9 Å². The van der Waals surface area contributed by atoms with Gasteiger partial charge in [-0.05, 0) is 31.4 Å². The van der Waals surface area contributed by atoms with Crippen LogP contribution in [0.3, 0.4) is 0 Å². The van der Waals surface area contributed by atoms with Crippen molar-refractivity contribution in [2.45, 2.75) is 24.5 Å². The first-order valence-electron chi connectivity index (χ1n) is 6.51. The van der Waals surface area contributed by atoms with Crippen LogP contribution in [0.4, 0.5) is 0 Å². The Balaban J connectivity index is 1.99. The second-order valence-corrected chi connectivity index (χ2v) is 7.13. The summed E-state index contributed by atoms with van der Waals surface area (Å²) in [5, 5.41) is 2.92. The van der Waals surface area contributed by atoms with Crippen molar-refractivity contribution in [2.24, 2.45) is 0 Å². The van der Waals surface area contributed by atoms with E-state index in [2.05, 4.69) is 5.32 Å². The quantitative estimate of drug-likeness (QED) is 0.751. The van der Waals surface area contributed by atoms with Crippen LogP contribution in [0.2, 0.25) is 0 Å². The molecular weight excluding hydrogens is 252 g/mol. The van der Waals surface area contributed by atoms with Crippen molar-refractivity contribution in [1.29, 1.82) is 0 Å². The van der Waals surface area contributed by atoms with Gasteiger partial charge in [0.25, 0.3) is 0 Å². The lowest BCUT2D eigenvalue weighted by Gasteiger charge is -2.31. The third kappa shape index (κ3) is 3.12. The van der Waals surface area contributed by atoms with Crippen LogP contribution in [0.1, 0.15) is 19.3 Å². The molecule has 5 nitrogen and oxygen atoms in total. The number of hydrogen-bond acceptors (Lipinski definition) is 4. The number of methoxy groups -OCH3 is 1. The Labute approximate surface area is 109 Å². The Morgan fingerprint density at radius 3 is 2.94 bits per heavy atom. The van der Waals surface area contributed by atoms with Gasteiger partial charge in [0.2, 0.25) is 10.0 Å². The van der Waals surface area contributed by atoms with Gasteiger partial charge in [-0.1, -0.05) is 6.08 Å². The number of piperidine rings is 1. The van der Waals surface area contributed by atoms with Crippen molar-refractivity contribution in [3.8, 4) is 0 Å². The predicted octanol–water partition coefficient (Wildman–Crippen LogP) is 0.347. The van der Waals surface area contributed by atoms with Gasteiger partial charge >= 0.3 is 0 Å². The van der Waals surface area contributed by atoms with Gasteiger partial charge in [0, 0.05) is 26.7 Å². The van der Waals surface area contributed by atoms with E-state index in [1.54, 1.807) is 11.4 Å². The van der Waals surface area contributed by atoms with Gasteiger partial charge in [-0.2, -0.15) is 4.31 Å². The molecule has 2 aliphatic heterocycles. The zero-order valence-corrected chi connectivity index (χ0v) is 11.7. The van der Waals surface area contributed by atoms with Crippen LogP contribution >= 0.6 is 0 Å². The van der Waals surface area contributed by atoms with Gasteiger partial charge in [-0.15, -0.1) is 0 Å². The fraction of sp³-hybridized carbons (Fsp3) is 0.833. The lowest BCUT2D eigenvalue weighted by molar-refractivity contribution is 0.219. The molecule has 1 unspecified atom stereocenters. The Bertz CT molecular complexity index is 400. The van der Waals surface area contributed by atoms with Crippen molar-refractivity contribution in [3.05, 3.63) is 11.6 Å². The average Bonchev–Trinajstić information content (AvgIpc) is 2.41. The summed E-state index contributed by atoms with van der Waals surface area (Å²) in [5.41, 5.74) is 1.20. The molecule has 2 heterocycles. The van der Waals surface area contributed by atoms with E-state index >= 15 is 0 Å². The number of nitrogens with zero attached hydrogens (tertiary/aromatic N) is 1. The Morgan fingerprint density at radius 1 is 1.56 bits per heavy atom. The number of sulfonamides is 1. The Kier molecular flexibility index (Phi) is 4.77. The molecule has 2 rings (SSSR count). The molecule has 1 saturated heterocycles. The standard InChI is InChI=1S/C12H22N2O3S/c1-17-10-11-4-7-14(8-5-11)18(15,16)12-3-2-6-13-9-12/h4,12-13H,2-3,5-10H2,1H3. The zero-order chi connectivity index (χ0) is 13.0. The number of nitrogens with one attached hydrogen (secondary N) is 1. The summed E-state index contributed by atoms with van der Waals surface area (Å²) >= 11 is 0. The number of hydrogen-bond donors (Lipinski definition) is 1. The molecule has 0 radical (unpaired) electrons. The van der Waals surface area contributed by atoms with Gasteiger partial charge < -0.3 is 10.1 Å². The van der Waals surface area contributed by atoms with E-state index in [1.807, 2.05) is 6.08 Å². The van der Waals surface area contributed by atoms with Crippen LogP contribution in [0, 0.1) is 0 Å². The molecular formula is C12H22N2O3S. The first-order valence-corrected chi connectivity index (χ1v) is 8.01. The molecule has 1 N–H and O–H groups in total. The van der Waals surface area contributed by atoms with Crippen molar-refractivity contribution in [1.82, 2.24) is 9.62 Å². The Hall–Kier alpha value is -0.430. The minimum absolute atomic E-state index is 0.247. The first-order chi connectivity index (χ1) is 8.64. The van der Waals surface area contributed by atoms with E-state index in [-0.39, 0.29) is 5.25 Å². The molecule has 104 valence electrons. The van der Waals surface area contributed by atoms with E-state index in [0.29, 0.717) is 26.2 Å². The SMILES string of the molecule is COCC1=CCN(S(=O)(=O)C2CCCNC2)CC1. The molecule has 6 heteroatoms. The summed E-state index contributed by atoms with van der Waals surface area (Å²) in [5.74, 6) is 0. The van der Waals surface area contributed by atoms with E-state index in [4.69, 9.17) is 4.74 Å². The van der Waals surface area contributed by atoms with Crippen LogP contribution in [0.15, 0.2) is 11.6 Å². The van der Waals surface area contributed by atoms with Crippen molar-refractivity contribution in [3.63, 3.8) is 0 Å². The smallest absolute Gasteiger partial charge is 0.218 e. The lowest BCUT2D eigenvalue weighted by Crippen LogP contribution is -2.47. The molecule has 0 saturated carbocycles. The van der Waals surface area contributed by atoms with Gasteiger partial charge in [-0.3, -0.25) is 0 Å². The number of ether oxygens (including phenoxy) is 1.